The first-order valence-electron chi connectivity index (χ1n) is 15.3. The lowest BCUT2D eigenvalue weighted by molar-refractivity contribution is 0.453. The van der Waals surface area contributed by atoms with Crippen molar-refractivity contribution < 1.29 is 0 Å². The zero-order chi connectivity index (χ0) is 28.7. The van der Waals surface area contributed by atoms with Gasteiger partial charge < -0.3 is 5.32 Å². The van der Waals surface area contributed by atoms with Gasteiger partial charge in [-0.2, -0.15) is 5.26 Å². The van der Waals surface area contributed by atoms with Crippen LogP contribution in [0.3, 0.4) is 0 Å². The molecule has 0 aliphatic heterocycles. The number of allylic oxidation sites excluding steroid dienone is 3. The molecule has 2 aromatic carbocycles. The number of anilines is 1. The Morgan fingerprint density at radius 1 is 0.897 bits per heavy atom. The summed E-state index contributed by atoms with van der Waals surface area (Å²) in [7, 11) is 0. The van der Waals surface area contributed by atoms with E-state index < -0.39 is 0 Å². The topological polar surface area (TPSA) is 35.8 Å². The second-order valence-electron chi connectivity index (χ2n) is 10.6. The van der Waals surface area contributed by atoms with Crippen LogP contribution in [0.15, 0.2) is 78.9 Å². The summed E-state index contributed by atoms with van der Waals surface area (Å²) in [6.45, 7) is 16.6. The van der Waals surface area contributed by atoms with Crippen molar-refractivity contribution in [2.75, 3.05) is 5.32 Å². The highest BCUT2D eigenvalue weighted by Crippen LogP contribution is 2.36. The lowest BCUT2D eigenvalue weighted by Gasteiger charge is -2.28. The highest BCUT2D eigenvalue weighted by Gasteiger charge is 2.30. The van der Waals surface area contributed by atoms with Gasteiger partial charge in [0.15, 0.2) is 0 Å². The normalized spacial score (nSPS) is 15.1. The minimum Gasteiger partial charge on any atom is -0.378 e. The van der Waals surface area contributed by atoms with Crippen LogP contribution in [0.1, 0.15) is 121 Å². The fraction of sp³-hybridized carbons (Fsp3) is 0.486. The van der Waals surface area contributed by atoms with Crippen molar-refractivity contribution in [2.45, 2.75) is 117 Å². The molecule has 0 aromatic heterocycles. The largest absolute Gasteiger partial charge is 0.378 e. The molecular formula is C37H52N2. The van der Waals surface area contributed by atoms with Crippen molar-refractivity contribution in [3.63, 3.8) is 0 Å². The number of hydrogen-bond acceptors (Lipinski definition) is 2. The van der Waals surface area contributed by atoms with Gasteiger partial charge in [0.2, 0.25) is 0 Å². The van der Waals surface area contributed by atoms with E-state index in [2.05, 4.69) is 99.9 Å². The van der Waals surface area contributed by atoms with E-state index in [9.17, 15) is 5.26 Å². The average Bonchev–Trinajstić information content (AvgIpc) is 3.00. The summed E-state index contributed by atoms with van der Waals surface area (Å²) >= 11 is 0. The molecule has 2 aliphatic rings. The van der Waals surface area contributed by atoms with Crippen LogP contribution in [0, 0.1) is 11.3 Å². The number of aryl methyl sites for hydroxylation is 2. The Morgan fingerprint density at radius 3 is 2.10 bits per heavy atom. The molecule has 0 spiro atoms. The molecule has 1 atom stereocenters. The van der Waals surface area contributed by atoms with Gasteiger partial charge in [0.25, 0.3) is 0 Å². The van der Waals surface area contributed by atoms with E-state index in [0.29, 0.717) is 0 Å². The number of nitriles is 1. The smallest absolute Gasteiger partial charge is 0.0822 e. The van der Waals surface area contributed by atoms with Crippen LogP contribution in [-0.2, 0) is 18.3 Å². The third kappa shape index (κ3) is 8.47. The quantitative estimate of drug-likeness (QED) is 0.314. The third-order valence-electron chi connectivity index (χ3n) is 8.06. The molecular weight excluding hydrogens is 472 g/mol. The molecule has 1 N–H and O–H groups in total. The molecule has 0 amide bonds. The van der Waals surface area contributed by atoms with Crippen molar-refractivity contribution in [3.8, 4) is 6.07 Å². The Labute approximate surface area is 239 Å². The van der Waals surface area contributed by atoms with Crippen LogP contribution < -0.4 is 5.32 Å². The van der Waals surface area contributed by atoms with E-state index in [1.165, 1.54) is 48.0 Å². The maximum absolute atomic E-state index is 10.1. The molecule has 0 saturated heterocycles. The van der Waals surface area contributed by atoms with Gasteiger partial charge in [-0.15, -0.1) is 13.2 Å². The summed E-state index contributed by atoms with van der Waals surface area (Å²) in [5.74, 6) is 0. The zero-order valence-corrected chi connectivity index (χ0v) is 25.4. The standard InChI is InChI=1S/C33H42N2.C2H6.C2H4/c1-4-20-33(24-34,21-5-2)30-16-18-31(19-17-30)35-32(23-27-12-7-6-10-25(27)3)29-15-14-26-11-8-9-13-28(26)22-29;2*1-2/h10,12,14-19,22,32,35H,4-9,11,13,20-21,23H2,1-3H3;1-2H3;1-2H2. The summed E-state index contributed by atoms with van der Waals surface area (Å²) in [5, 5.41) is 14.0. The SMILES string of the molecule is C=C.CC.CCCC(C#N)(CCC)c1ccc(NC(CC2=CCCC=C2C)c2ccc3c(c2)CCCC3)cc1. The van der Waals surface area contributed by atoms with Crippen molar-refractivity contribution in [1.82, 2.24) is 0 Å². The van der Waals surface area contributed by atoms with E-state index >= 15 is 0 Å². The highest BCUT2D eigenvalue weighted by atomic mass is 14.9. The lowest BCUT2D eigenvalue weighted by Crippen LogP contribution is -2.23. The fourth-order valence-electron chi connectivity index (χ4n) is 6.07. The predicted molar refractivity (Wildman–Crippen MR) is 171 cm³/mol. The third-order valence-corrected chi connectivity index (χ3v) is 8.06. The fourth-order valence-corrected chi connectivity index (χ4v) is 6.07. The number of benzene rings is 2. The van der Waals surface area contributed by atoms with Crippen molar-refractivity contribution >= 4 is 5.69 Å². The first-order valence-corrected chi connectivity index (χ1v) is 15.3. The molecule has 2 aromatic rings. The summed E-state index contributed by atoms with van der Waals surface area (Å²) in [6, 6.07) is 18.8. The molecule has 2 heteroatoms. The van der Waals surface area contributed by atoms with E-state index in [1.54, 1.807) is 5.56 Å². The van der Waals surface area contributed by atoms with Crippen LogP contribution >= 0.6 is 0 Å². The van der Waals surface area contributed by atoms with Gasteiger partial charge in [0.05, 0.1) is 17.5 Å². The molecule has 4 rings (SSSR count). The Balaban J connectivity index is 0.00000127. The van der Waals surface area contributed by atoms with E-state index in [1.807, 2.05) is 13.8 Å². The lowest BCUT2D eigenvalue weighted by atomic mass is 9.75. The molecule has 0 bridgehead atoms. The van der Waals surface area contributed by atoms with Crippen molar-refractivity contribution in [1.29, 1.82) is 5.26 Å². The Kier molecular flexibility index (Phi) is 13.9. The Hall–Kier alpha value is -3.05. The summed E-state index contributed by atoms with van der Waals surface area (Å²) in [6.07, 6.45) is 17.0. The molecule has 2 aliphatic carbocycles. The number of nitrogens with one attached hydrogen (secondary N) is 1. The van der Waals surface area contributed by atoms with Crippen LogP contribution in [0.5, 0.6) is 0 Å². The molecule has 210 valence electrons. The molecule has 0 radical (unpaired) electrons. The second-order valence-corrected chi connectivity index (χ2v) is 10.6. The molecule has 0 heterocycles. The molecule has 0 saturated carbocycles. The van der Waals surface area contributed by atoms with E-state index in [0.717, 1.165) is 56.2 Å². The first-order chi connectivity index (χ1) is 19.1. The van der Waals surface area contributed by atoms with Crippen LogP contribution in [-0.4, -0.2) is 0 Å². The van der Waals surface area contributed by atoms with E-state index in [-0.39, 0.29) is 11.5 Å². The van der Waals surface area contributed by atoms with Gasteiger partial charge in [0, 0.05) is 5.69 Å². The summed E-state index contributed by atoms with van der Waals surface area (Å²) in [5.41, 5.74) is 9.29. The molecule has 0 fully saturated rings. The molecule has 2 nitrogen and oxygen atoms in total. The highest BCUT2D eigenvalue weighted by molar-refractivity contribution is 5.51. The number of fused-ring (bicyclic) bond motifs is 1. The average molecular weight is 525 g/mol. The summed E-state index contributed by atoms with van der Waals surface area (Å²) < 4.78 is 0. The van der Waals surface area contributed by atoms with Gasteiger partial charge in [-0.05, 0) is 105 Å². The van der Waals surface area contributed by atoms with Crippen LogP contribution in [0.4, 0.5) is 5.69 Å². The van der Waals surface area contributed by atoms with Crippen LogP contribution in [0.2, 0.25) is 0 Å². The van der Waals surface area contributed by atoms with E-state index in [4.69, 9.17) is 0 Å². The second kappa shape index (κ2) is 16.8. The van der Waals surface area contributed by atoms with Gasteiger partial charge in [-0.3, -0.25) is 0 Å². The Bertz CT molecular complexity index is 1110. The molecule has 1 unspecified atom stereocenters. The number of nitrogens with zero attached hydrogens (tertiary/aromatic N) is 1. The van der Waals surface area contributed by atoms with Gasteiger partial charge in [0.1, 0.15) is 0 Å². The minimum absolute atomic E-state index is 0.229. The first kappa shape index (κ1) is 32.2. The maximum Gasteiger partial charge on any atom is 0.0822 e. The predicted octanol–water partition coefficient (Wildman–Crippen LogP) is 11.0. The maximum atomic E-state index is 10.1. The molecule has 39 heavy (non-hydrogen) atoms. The summed E-state index contributed by atoms with van der Waals surface area (Å²) in [4.78, 5) is 0. The van der Waals surface area contributed by atoms with Gasteiger partial charge in [-0.1, -0.05) is 88.6 Å². The van der Waals surface area contributed by atoms with Gasteiger partial charge in [-0.25, -0.2) is 0 Å². The van der Waals surface area contributed by atoms with Crippen LogP contribution in [0.25, 0.3) is 0 Å². The minimum atomic E-state index is -0.366. The number of hydrogen-bond donors (Lipinski definition) is 1. The monoisotopic (exact) mass is 524 g/mol. The zero-order valence-electron chi connectivity index (χ0n) is 25.4. The number of rotatable bonds is 10. The van der Waals surface area contributed by atoms with Crippen molar-refractivity contribution in [2.24, 2.45) is 0 Å². The van der Waals surface area contributed by atoms with Gasteiger partial charge >= 0.3 is 0 Å². The van der Waals surface area contributed by atoms with Crippen molar-refractivity contribution in [3.05, 3.63) is 101 Å². The Morgan fingerprint density at radius 2 is 1.51 bits per heavy atom.